The molecule has 0 aromatic heterocycles. The van der Waals surface area contributed by atoms with Gasteiger partial charge in [0, 0.05) is 6.54 Å². The van der Waals surface area contributed by atoms with Gasteiger partial charge in [-0.15, -0.1) is 0 Å². The second kappa shape index (κ2) is 7.39. The average Bonchev–Trinajstić information content (AvgIpc) is 2.34. The van der Waals surface area contributed by atoms with E-state index in [1.807, 2.05) is 27.7 Å². The Morgan fingerprint density at radius 2 is 1.90 bits per heavy atom. The maximum Gasteiger partial charge on any atom is 0.310 e. The van der Waals surface area contributed by atoms with Crippen LogP contribution in [0, 0.1) is 11.7 Å². The summed E-state index contributed by atoms with van der Waals surface area (Å²) in [6.45, 7) is 8.76. The van der Waals surface area contributed by atoms with Crippen LogP contribution in [0.1, 0.15) is 33.3 Å². The third-order valence-electron chi connectivity index (χ3n) is 2.76. The molecule has 0 heterocycles. The fraction of sp³-hybridized carbons (Fsp3) is 0.562. The number of esters is 1. The molecule has 1 rings (SSSR count). The molecule has 0 amide bonds. The molecule has 0 radical (unpaired) electrons. The second-order valence-corrected chi connectivity index (χ2v) is 6.02. The Hall–Kier alpha value is -1.42. The van der Waals surface area contributed by atoms with Crippen LogP contribution in [0.15, 0.2) is 24.3 Å². The van der Waals surface area contributed by atoms with E-state index in [0.29, 0.717) is 6.54 Å². The maximum absolute atomic E-state index is 12.7. The van der Waals surface area contributed by atoms with Crippen LogP contribution in [0.5, 0.6) is 0 Å². The molecule has 0 unspecified atom stereocenters. The zero-order valence-corrected chi connectivity index (χ0v) is 12.7. The van der Waals surface area contributed by atoms with Crippen LogP contribution in [0.25, 0.3) is 0 Å². The Balaban J connectivity index is 2.23. The quantitative estimate of drug-likeness (QED) is 0.643. The molecule has 0 aliphatic carbocycles. The smallest absolute Gasteiger partial charge is 0.310 e. The van der Waals surface area contributed by atoms with Gasteiger partial charge in [-0.05, 0) is 51.4 Å². The highest BCUT2D eigenvalue weighted by molar-refractivity contribution is 5.72. The van der Waals surface area contributed by atoms with Gasteiger partial charge in [0.1, 0.15) is 11.4 Å². The third-order valence-corrected chi connectivity index (χ3v) is 2.76. The summed E-state index contributed by atoms with van der Waals surface area (Å²) >= 11 is 0. The highest BCUT2D eigenvalue weighted by Crippen LogP contribution is 2.10. The van der Waals surface area contributed by atoms with Crippen molar-refractivity contribution in [3.05, 3.63) is 35.6 Å². The van der Waals surface area contributed by atoms with Gasteiger partial charge in [0.15, 0.2) is 0 Å². The zero-order chi connectivity index (χ0) is 15.2. The molecular formula is C16H24FNO2. The molecule has 20 heavy (non-hydrogen) atoms. The molecule has 4 heteroatoms. The summed E-state index contributed by atoms with van der Waals surface area (Å²) in [4.78, 5) is 11.8. The lowest BCUT2D eigenvalue weighted by Gasteiger charge is -2.22. The SMILES string of the molecule is C[C@@H](CNCCc1ccc(F)cc1)C(=O)OC(C)(C)C. The van der Waals surface area contributed by atoms with Crippen molar-refractivity contribution in [1.82, 2.24) is 5.32 Å². The Bertz CT molecular complexity index is 423. The van der Waals surface area contributed by atoms with E-state index < -0.39 is 5.60 Å². The first-order valence-corrected chi connectivity index (χ1v) is 6.96. The van der Waals surface area contributed by atoms with E-state index in [0.717, 1.165) is 18.5 Å². The summed E-state index contributed by atoms with van der Waals surface area (Å²) in [5.41, 5.74) is 0.628. The standard InChI is InChI=1S/C16H24FNO2/c1-12(15(19)20-16(2,3)4)11-18-10-9-13-5-7-14(17)8-6-13/h5-8,12,18H,9-11H2,1-4H3/t12-/m0/s1. The van der Waals surface area contributed by atoms with E-state index in [1.165, 1.54) is 12.1 Å². The van der Waals surface area contributed by atoms with Gasteiger partial charge in [0.2, 0.25) is 0 Å². The van der Waals surface area contributed by atoms with Gasteiger partial charge in [-0.3, -0.25) is 4.79 Å². The number of hydrogen-bond acceptors (Lipinski definition) is 3. The summed E-state index contributed by atoms with van der Waals surface area (Å²) in [5.74, 6) is -0.588. The number of benzene rings is 1. The molecule has 0 fully saturated rings. The van der Waals surface area contributed by atoms with Crippen molar-refractivity contribution >= 4 is 5.97 Å². The number of carbonyl (C=O) groups is 1. The molecule has 112 valence electrons. The molecule has 1 aromatic rings. The minimum atomic E-state index is -0.445. The van der Waals surface area contributed by atoms with E-state index >= 15 is 0 Å². The van der Waals surface area contributed by atoms with Crippen LogP contribution >= 0.6 is 0 Å². The van der Waals surface area contributed by atoms with Crippen LogP contribution in [-0.2, 0) is 16.0 Å². The summed E-state index contributed by atoms with van der Waals surface area (Å²) in [6.07, 6.45) is 0.807. The average molecular weight is 281 g/mol. The zero-order valence-electron chi connectivity index (χ0n) is 12.7. The van der Waals surface area contributed by atoms with Gasteiger partial charge < -0.3 is 10.1 Å². The molecule has 0 aliphatic rings. The Morgan fingerprint density at radius 3 is 2.45 bits per heavy atom. The maximum atomic E-state index is 12.7. The van der Waals surface area contributed by atoms with Crippen LogP contribution in [0.4, 0.5) is 4.39 Å². The third kappa shape index (κ3) is 6.66. The van der Waals surface area contributed by atoms with Crippen LogP contribution in [0.2, 0.25) is 0 Å². The molecule has 0 saturated heterocycles. The normalized spacial score (nSPS) is 13.1. The fourth-order valence-corrected chi connectivity index (χ4v) is 1.69. The van der Waals surface area contributed by atoms with Gasteiger partial charge >= 0.3 is 5.97 Å². The molecule has 1 N–H and O–H groups in total. The molecule has 1 aromatic carbocycles. The largest absolute Gasteiger partial charge is 0.460 e. The van der Waals surface area contributed by atoms with Crippen molar-refractivity contribution in [2.45, 2.75) is 39.7 Å². The number of nitrogens with one attached hydrogen (secondary N) is 1. The highest BCUT2D eigenvalue weighted by atomic mass is 19.1. The van der Waals surface area contributed by atoms with E-state index in [1.54, 1.807) is 12.1 Å². The summed E-state index contributed by atoms with van der Waals surface area (Å²) in [7, 11) is 0. The summed E-state index contributed by atoms with van der Waals surface area (Å²) in [6, 6.07) is 6.46. The topological polar surface area (TPSA) is 38.3 Å². The van der Waals surface area contributed by atoms with E-state index in [9.17, 15) is 9.18 Å². The highest BCUT2D eigenvalue weighted by Gasteiger charge is 2.21. The van der Waals surface area contributed by atoms with Gasteiger partial charge in [0.05, 0.1) is 5.92 Å². The second-order valence-electron chi connectivity index (χ2n) is 6.02. The fourth-order valence-electron chi connectivity index (χ4n) is 1.69. The number of ether oxygens (including phenoxy) is 1. The van der Waals surface area contributed by atoms with Crippen molar-refractivity contribution in [2.75, 3.05) is 13.1 Å². The first-order valence-electron chi connectivity index (χ1n) is 6.96. The van der Waals surface area contributed by atoms with Crippen molar-refractivity contribution < 1.29 is 13.9 Å². The van der Waals surface area contributed by atoms with Crippen LogP contribution < -0.4 is 5.32 Å². The minimum Gasteiger partial charge on any atom is -0.460 e. The number of rotatable bonds is 6. The first-order chi connectivity index (χ1) is 9.28. The van der Waals surface area contributed by atoms with Crippen LogP contribution in [-0.4, -0.2) is 24.7 Å². The number of carbonyl (C=O) groups excluding carboxylic acids is 1. The lowest BCUT2D eigenvalue weighted by molar-refractivity contribution is -0.159. The number of halogens is 1. The Kier molecular flexibility index (Phi) is 6.14. The van der Waals surface area contributed by atoms with Gasteiger partial charge in [-0.25, -0.2) is 4.39 Å². The summed E-state index contributed by atoms with van der Waals surface area (Å²) in [5, 5.41) is 3.22. The first kappa shape index (κ1) is 16.6. The van der Waals surface area contributed by atoms with Gasteiger partial charge in [0.25, 0.3) is 0 Å². The predicted molar refractivity (Wildman–Crippen MR) is 78.0 cm³/mol. The monoisotopic (exact) mass is 281 g/mol. The van der Waals surface area contributed by atoms with Crippen molar-refractivity contribution in [3.8, 4) is 0 Å². The van der Waals surface area contributed by atoms with Crippen molar-refractivity contribution in [3.63, 3.8) is 0 Å². The van der Waals surface area contributed by atoms with E-state index in [2.05, 4.69) is 5.32 Å². The summed E-state index contributed by atoms with van der Waals surface area (Å²) < 4.78 is 18.0. The number of hydrogen-bond donors (Lipinski definition) is 1. The van der Waals surface area contributed by atoms with E-state index in [-0.39, 0.29) is 17.7 Å². The molecular weight excluding hydrogens is 257 g/mol. The van der Waals surface area contributed by atoms with Crippen LogP contribution in [0.3, 0.4) is 0 Å². The lowest BCUT2D eigenvalue weighted by Crippen LogP contribution is -2.33. The molecule has 0 aliphatic heterocycles. The molecule has 0 spiro atoms. The van der Waals surface area contributed by atoms with Crippen molar-refractivity contribution in [2.24, 2.45) is 5.92 Å². The van der Waals surface area contributed by atoms with Gasteiger partial charge in [-0.1, -0.05) is 19.1 Å². The molecule has 1 atom stereocenters. The molecule has 0 saturated carbocycles. The Labute approximate surface area is 120 Å². The Morgan fingerprint density at radius 1 is 1.30 bits per heavy atom. The predicted octanol–water partition coefficient (Wildman–Crippen LogP) is 2.94. The van der Waals surface area contributed by atoms with Crippen molar-refractivity contribution in [1.29, 1.82) is 0 Å². The van der Waals surface area contributed by atoms with E-state index in [4.69, 9.17) is 4.74 Å². The molecule has 0 bridgehead atoms. The minimum absolute atomic E-state index is 0.178. The molecule has 3 nitrogen and oxygen atoms in total. The lowest BCUT2D eigenvalue weighted by atomic mass is 10.1. The van der Waals surface area contributed by atoms with Gasteiger partial charge in [-0.2, -0.15) is 0 Å².